The molecule has 0 bridgehead atoms. The molecule has 0 unspecified atom stereocenters. The lowest BCUT2D eigenvalue weighted by Gasteiger charge is -2.09. The average molecular weight is 244 g/mol. The molecule has 94 valence electrons. The second kappa shape index (κ2) is 6.03. The molecule has 1 rings (SSSR count). The van der Waals surface area contributed by atoms with E-state index in [1.807, 2.05) is 0 Å². The fourth-order valence-electron chi connectivity index (χ4n) is 1.26. The molecule has 4 nitrogen and oxygen atoms in total. The Morgan fingerprint density at radius 3 is 2.82 bits per heavy atom. The quantitative estimate of drug-likeness (QED) is 0.613. The van der Waals surface area contributed by atoms with E-state index < -0.39 is 11.6 Å². The third-order valence-corrected chi connectivity index (χ3v) is 2.04. The van der Waals surface area contributed by atoms with Gasteiger partial charge in [0.1, 0.15) is 5.82 Å². The molecule has 1 aromatic rings. The molecule has 0 aromatic heterocycles. The molecule has 0 heterocycles. The maximum Gasteiger partial charge on any atom is 0.307 e. The fraction of sp³-hybridized carbons (Fsp3) is 0.364. The number of halogens is 2. The van der Waals surface area contributed by atoms with Crippen LogP contribution >= 0.6 is 0 Å². The first-order valence-electron chi connectivity index (χ1n) is 5.18. The van der Waals surface area contributed by atoms with Gasteiger partial charge < -0.3 is 15.8 Å². The average Bonchev–Trinajstić information content (AvgIpc) is 2.25. The summed E-state index contributed by atoms with van der Waals surface area (Å²) < 4.78 is 30.6. The highest BCUT2D eigenvalue weighted by Crippen LogP contribution is 2.23. The van der Waals surface area contributed by atoms with E-state index in [0.717, 1.165) is 6.07 Å². The third kappa shape index (κ3) is 3.90. The fourth-order valence-corrected chi connectivity index (χ4v) is 1.26. The van der Waals surface area contributed by atoms with Crippen molar-refractivity contribution in [3.63, 3.8) is 0 Å². The highest BCUT2D eigenvalue weighted by Gasteiger charge is 2.08. The van der Waals surface area contributed by atoms with E-state index in [-0.39, 0.29) is 30.3 Å². The van der Waals surface area contributed by atoms with Crippen LogP contribution in [-0.4, -0.2) is 19.1 Å². The van der Waals surface area contributed by atoms with Crippen LogP contribution in [0.15, 0.2) is 12.1 Å². The van der Waals surface area contributed by atoms with Crippen molar-refractivity contribution in [3.8, 4) is 0 Å². The number of carbonyl (C=O) groups is 1. The van der Waals surface area contributed by atoms with Crippen molar-refractivity contribution in [3.05, 3.63) is 23.8 Å². The molecule has 3 N–H and O–H groups in total. The first kappa shape index (κ1) is 13.2. The van der Waals surface area contributed by atoms with Gasteiger partial charge in [-0.2, -0.15) is 0 Å². The maximum atomic E-state index is 13.1. The molecule has 0 aliphatic rings. The number of nitrogens with two attached hydrogens (primary N) is 1. The Morgan fingerprint density at radius 1 is 1.47 bits per heavy atom. The standard InChI is InChI=1S/C11H14F2N2O2/c1-2-17-10(16)3-4-15-9-6-7(12)5-8(13)11(9)14/h5-6,15H,2-4,14H2,1H3. The number of ether oxygens (including phenoxy) is 1. The first-order chi connectivity index (χ1) is 8.04. The molecule has 0 aliphatic carbocycles. The van der Waals surface area contributed by atoms with Crippen LogP contribution in [0.4, 0.5) is 20.2 Å². The molecule has 0 amide bonds. The molecule has 1 aromatic carbocycles. The zero-order valence-corrected chi connectivity index (χ0v) is 9.43. The lowest BCUT2D eigenvalue weighted by atomic mass is 10.2. The molecule has 0 saturated carbocycles. The Labute approximate surface area is 97.8 Å². The van der Waals surface area contributed by atoms with Gasteiger partial charge in [0.25, 0.3) is 0 Å². The van der Waals surface area contributed by atoms with Crippen LogP contribution in [-0.2, 0) is 9.53 Å². The molecule has 0 aliphatic heterocycles. The predicted octanol–water partition coefficient (Wildman–Crippen LogP) is 1.91. The summed E-state index contributed by atoms with van der Waals surface area (Å²) in [6, 6.07) is 1.77. The smallest absolute Gasteiger partial charge is 0.307 e. The number of carbonyl (C=O) groups excluding carboxylic acids is 1. The number of benzene rings is 1. The predicted molar refractivity (Wildman–Crippen MR) is 60.5 cm³/mol. The maximum absolute atomic E-state index is 13.1. The van der Waals surface area contributed by atoms with Crippen LogP contribution in [0.5, 0.6) is 0 Å². The minimum Gasteiger partial charge on any atom is -0.466 e. The van der Waals surface area contributed by atoms with Crippen molar-refractivity contribution >= 4 is 17.3 Å². The van der Waals surface area contributed by atoms with E-state index in [0.29, 0.717) is 12.7 Å². The summed E-state index contributed by atoms with van der Waals surface area (Å²) in [7, 11) is 0. The van der Waals surface area contributed by atoms with Crippen molar-refractivity contribution in [2.75, 3.05) is 24.2 Å². The topological polar surface area (TPSA) is 64.3 Å². The van der Waals surface area contributed by atoms with Crippen LogP contribution < -0.4 is 11.1 Å². The molecule has 6 heteroatoms. The van der Waals surface area contributed by atoms with Crippen LogP contribution in [0.1, 0.15) is 13.3 Å². The molecular weight excluding hydrogens is 230 g/mol. The summed E-state index contributed by atoms with van der Waals surface area (Å²) in [5.41, 5.74) is 5.37. The number of anilines is 2. The number of rotatable bonds is 5. The number of hydrogen-bond donors (Lipinski definition) is 2. The molecular formula is C11H14F2N2O2. The van der Waals surface area contributed by atoms with Crippen LogP contribution in [0.2, 0.25) is 0 Å². The minimum atomic E-state index is -0.830. The van der Waals surface area contributed by atoms with Gasteiger partial charge in [-0.05, 0) is 13.0 Å². The Kier molecular flexibility index (Phi) is 4.68. The lowest BCUT2D eigenvalue weighted by Crippen LogP contribution is -2.12. The van der Waals surface area contributed by atoms with Crippen molar-refractivity contribution < 1.29 is 18.3 Å². The van der Waals surface area contributed by atoms with Crippen molar-refractivity contribution in [2.24, 2.45) is 0 Å². The highest BCUT2D eigenvalue weighted by molar-refractivity contribution is 5.71. The van der Waals surface area contributed by atoms with Gasteiger partial charge in [-0.1, -0.05) is 0 Å². The number of hydrogen-bond acceptors (Lipinski definition) is 4. The normalized spacial score (nSPS) is 10.1. The summed E-state index contributed by atoms with van der Waals surface area (Å²) in [4.78, 5) is 11.0. The summed E-state index contributed by atoms with van der Waals surface area (Å²) >= 11 is 0. The van der Waals surface area contributed by atoms with Gasteiger partial charge in [-0.15, -0.1) is 0 Å². The summed E-state index contributed by atoms with van der Waals surface area (Å²) in [5, 5.41) is 2.68. The van der Waals surface area contributed by atoms with E-state index in [1.165, 1.54) is 0 Å². The molecule has 0 radical (unpaired) electrons. The largest absolute Gasteiger partial charge is 0.466 e. The second-order valence-corrected chi connectivity index (χ2v) is 3.33. The van der Waals surface area contributed by atoms with Gasteiger partial charge >= 0.3 is 5.97 Å². The SMILES string of the molecule is CCOC(=O)CCNc1cc(F)cc(F)c1N. The Hall–Kier alpha value is -1.85. The summed E-state index contributed by atoms with van der Waals surface area (Å²) in [6.07, 6.45) is 0.103. The van der Waals surface area contributed by atoms with E-state index in [1.54, 1.807) is 6.92 Å². The Balaban J connectivity index is 2.55. The number of nitrogens with one attached hydrogen (secondary N) is 1. The van der Waals surface area contributed by atoms with Gasteiger partial charge in [0.05, 0.1) is 24.4 Å². The third-order valence-electron chi connectivity index (χ3n) is 2.04. The second-order valence-electron chi connectivity index (χ2n) is 3.33. The van der Waals surface area contributed by atoms with E-state index >= 15 is 0 Å². The number of esters is 1. The van der Waals surface area contributed by atoms with E-state index in [2.05, 4.69) is 5.32 Å². The Bertz CT molecular complexity index is 411. The zero-order valence-electron chi connectivity index (χ0n) is 9.43. The molecule has 0 fully saturated rings. The molecule has 0 atom stereocenters. The molecule has 0 spiro atoms. The highest BCUT2D eigenvalue weighted by atomic mass is 19.1. The molecule has 0 saturated heterocycles. The van der Waals surface area contributed by atoms with Crippen LogP contribution in [0.3, 0.4) is 0 Å². The monoisotopic (exact) mass is 244 g/mol. The van der Waals surface area contributed by atoms with Gasteiger partial charge in [-0.25, -0.2) is 8.78 Å². The minimum absolute atomic E-state index is 0.103. The van der Waals surface area contributed by atoms with Gasteiger partial charge in [0.15, 0.2) is 5.82 Å². The van der Waals surface area contributed by atoms with E-state index in [9.17, 15) is 13.6 Å². The van der Waals surface area contributed by atoms with Crippen LogP contribution in [0.25, 0.3) is 0 Å². The zero-order chi connectivity index (χ0) is 12.8. The number of nitrogen functional groups attached to an aromatic ring is 1. The first-order valence-corrected chi connectivity index (χ1v) is 5.18. The summed E-state index contributed by atoms with van der Waals surface area (Å²) in [6.45, 7) is 2.20. The Morgan fingerprint density at radius 2 is 2.18 bits per heavy atom. The lowest BCUT2D eigenvalue weighted by molar-refractivity contribution is -0.142. The van der Waals surface area contributed by atoms with E-state index in [4.69, 9.17) is 10.5 Å². The summed E-state index contributed by atoms with van der Waals surface area (Å²) in [5.74, 6) is -1.94. The van der Waals surface area contributed by atoms with Crippen molar-refractivity contribution in [1.29, 1.82) is 0 Å². The van der Waals surface area contributed by atoms with Crippen molar-refractivity contribution in [1.82, 2.24) is 0 Å². The molecule has 17 heavy (non-hydrogen) atoms. The van der Waals surface area contributed by atoms with Crippen LogP contribution in [0, 0.1) is 11.6 Å². The van der Waals surface area contributed by atoms with Gasteiger partial charge in [0, 0.05) is 12.6 Å². The van der Waals surface area contributed by atoms with Gasteiger partial charge in [0.2, 0.25) is 0 Å². The van der Waals surface area contributed by atoms with Crippen molar-refractivity contribution in [2.45, 2.75) is 13.3 Å². The van der Waals surface area contributed by atoms with Gasteiger partial charge in [-0.3, -0.25) is 4.79 Å².